The Labute approximate surface area is 246 Å². The van der Waals surface area contributed by atoms with Gasteiger partial charge in [-0.25, -0.2) is 19.2 Å². The van der Waals surface area contributed by atoms with Crippen molar-refractivity contribution in [1.82, 2.24) is 10.6 Å². The molecule has 0 saturated heterocycles. The second-order valence-electron chi connectivity index (χ2n) is 9.82. The van der Waals surface area contributed by atoms with Gasteiger partial charge in [-0.1, -0.05) is 24.3 Å². The fraction of sp³-hybridized carbons (Fsp3) is 0.438. The number of rotatable bonds is 10. The SMILES string of the molecule is CCOC(=O)C1=C(C)NC(C)=C(C(=O)OCC)C1c1cccc(C2C(C(=O)OCC)=C(C)NC(C)=C2C(=O)OCC)c1. The van der Waals surface area contributed by atoms with E-state index in [1.807, 2.05) is 0 Å². The molecule has 2 N–H and O–H groups in total. The number of hydrogen-bond acceptors (Lipinski definition) is 10. The smallest absolute Gasteiger partial charge is 0.336 e. The van der Waals surface area contributed by atoms with E-state index in [0.29, 0.717) is 33.9 Å². The van der Waals surface area contributed by atoms with Crippen LogP contribution in [0.5, 0.6) is 0 Å². The van der Waals surface area contributed by atoms with Crippen LogP contribution in [-0.2, 0) is 38.1 Å². The summed E-state index contributed by atoms with van der Waals surface area (Å²) in [5.41, 5.74) is 4.40. The van der Waals surface area contributed by atoms with E-state index in [2.05, 4.69) is 10.6 Å². The average molecular weight is 581 g/mol. The van der Waals surface area contributed by atoms with Gasteiger partial charge in [-0.05, 0) is 66.5 Å². The summed E-state index contributed by atoms with van der Waals surface area (Å²) in [6, 6.07) is 7.15. The molecule has 1 aromatic carbocycles. The van der Waals surface area contributed by atoms with Crippen LogP contribution in [0, 0.1) is 0 Å². The van der Waals surface area contributed by atoms with Crippen LogP contribution >= 0.6 is 0 Å². The molecule has 226 valence electrons. The van der Waals surface area contributed by atoms with Crippen LogP contribution in [0.3, 0.4) is 0 Å². The number of benzene rings is 1. The third-order valence-corrected chi connectivity index (χ3v) is 7.08. The lowest BCUT2D eigenvalue weighted by Gasteiger charge is -2.32. The Balaban J connectivity index is 2.31. The standard InChI is InChI=1S/C32H40N2O8/c1-9-39-29(35)23-17(5)33-18(6)24(30(36)40-10-2)27(23)21-14-13-15-22(16-21)28-25(31(37)41-11-3)19(7)34-20(8)26(28)32(38)42-12-4/h13-16,27-28,33-34H,9-12H2,1-8H3. The number of hydrogen-bond donors (Lipinski definition) is 2. The number of carbonyl (C=O) groups excluding carboxylic acids is 4. The summed E-state index contributed by atoms with van der Waals surface area (Å²) >= 11 is 0. The minimum atomic E-state index is -0.835. The van der Waals surface area contributed by atoms with Gasteiger partial charge in [-0.15, -0.1) is 0 Å². The third-order valence-electron chi connectivity index (χ3n) is 7.08. The van der Waals surface area contributed by atoms with E-state index in [0.717, 1.165) is 0 Å². The van der Waals surface area contributed by atoms with E-state index < -0.39 is 35.7 Å². The molecule has 10 nitrogen and oxygen atoms in total. The van der Waals surface area contributed by atoms with Crippen LogP contribution in [0.25, 0.3) is 0 Å². The zero-order chi connectivity index (χ0) is 31.1. The minimum absolute atomic E-state index is 0.148. The maximum atomic E-state index is 13.3. The normalized spacial score (nSPS) is 16.2. The van der Waals surface area contributed by atoms with E-state index in [-0.39, 0.29) is 48.7 Å². The predicted octanol–water partition coefficient (Wildman–Crippen LogP) is 4.41. The molecule has 0 amide bonds. The Hall–Kier alpha value is -4.34. The quantitative estimate of drug-likeness (QED) is 0.303. The molecular weight excluding hydrogens is 540 g/mol. The van der Waals surface area contributed by atoms with Gasteiger partial charge in [-0.3, -0.25) is 0 Å². The van der Waals surface area contributed by atoms with Gasteiger partial charge >= 0.3 is 23.9 Å². The molecule has 0 bridgehead atoms. The van der Waals surface area contributed by atoms with Crippen molar-refractivity contribution in [3.63, 3.8) is 0 Å². The molecule has 0 aliphatic carbocycles. The molecule has 2 aliphatic heterocycles. The van der Waals surface area contributed by atoms with Gasteiger partial charge in [0.05, 0.1) is 60.6 Å². The molecule has 10 heteroatoms. The Morgan fingerprint density at radius 2 is 0.810 bits per heavy atom. The predicted molar refractivity (Wildman–Crippen MR) is 156 cm³/mol. The summed E-state index contributed by atoms with van der Waals surface area (Å²) in [5, 5.41) is 6.26. The highest BCUT2D eigenvalue weighted by atomic mass is 16.5. The van der Waals surface area contributed by atoms with E-state index >= 15 is 0 Å². The summed E-state index contributed by atoms with van der Waals surface area (Å²) in [7, 11) is 0. The Bertz CT molecular complexity index is 1220. The van der Waals surface area contributed by atoms with Gasteiger partial charge in [0, 0.05) is 22.8 Å². The third kappa shape index (κ3) is 6.42. The van der Waals surface area contributed by atoms with Crippen molar-refractivity contribution in [1.29, 1.82) is 0 Å². The topological polar surface area (TPSA) is 129 Å². The van der Waals surface area contributed by atoms with Gasteiger partial charge in [0.2, 0.25) is 0 Å². The second kappa shape index (κ2) is 14.0. The zero-order valence-corrected chi connectivity index (χ0v) is 25.6. The van der Waals surface area contributed by atoms with E-state index in [9.17, 15) is 19.2 Å². The maximum Gasteiger partial charge on any atom is 0.336 e. The summed E-state index contributed by atoms with van der Waals surface area (Å²) in [6.45, 7) is 14.4. The Morgan fingerprint density at radius 3 is 1.05 bits per heavy atom. The molecule has 0 saturated carbocycles. The highest BCUT2D eigenvalue weighted by Crippen LogP contribution is 2.43. The van der Waals surface area contributed by atoms with Crippen LogP contribution in [0.2, 0.25) is 0 Å². The van der Waals surface area contributed by atoms with Crippen molar-refractivity contribution in [3.05, 3.63) is 80.5 Å². The lowest BCUT2D eigenvalue weighted by atomic mass is 9.76. The maximum absolute atomic E-state index is 13.3. The van der Waals surface area contributed by atoms with E-state index in [4.69, 9.17) is 18.9 Å². The van der Waals surface area contributed by atoms with Crippen molar-refractivity contribution in [2.75, 3.05) is 26.4 Å². The molecule has 0 atom stereocenters. The van der Waals surface area contributed by atoms with Gasteiger partial charge in [0.25, 0.3) is 0 Å². The molecule has 0 radical (unpaired) electrons. The first-order valence-corrected chi connectivity index (χ1v) is 14.2. The van der Waals surface area contributed by atoms with Crippen LogP contribution in [0.1, 0.15) is 78.4 Å². The Morgan fingerprint density at radius 1 is 0.548 bits per heavy atom. The molecule has 1 aromatic rings. The van der Waals surface area contributed by atoms with Crippen LogP contribution in [0.15, 0.2) is 69.3 Å². The monoisotopic (exact) mass is 580 g/mol. The fourth-order valence-corrected chi connectivity index (χ4v) is 5.49. The number of nitrogens with one attached hydrogen (secondary N) is 2. The first kappa shape index (κ1) is 32.2. The molecule has 0 aromatic heterocycles. The number of dihydropyridines is 2. The lowest BCUT2D eigenvalue weighted by Crippen LogP contribution is -2.33. The van der Waals surface area contributed by atoms with Gasteiger partial charge in [0.1, 0.15) is 0 Å². The lowest BCUT2D eigenvalue weighted by molar-refractivity contribution is -0.141. The second-order valence-corrected chi connectivity index (χ2v) is 9.82. The zero-order valence-electron chi connectivity index (χ0n) is 25.6. The van der Waals surface area contributed by atoms with Crippen molar-refractivity contribution in [3.8, 4) is 0 Å². The number of esters is 4. The van der Waals surface area contributed by atoms with E-state index in [1.165, 1.54) is 0 Å². The first-order valence-electron chi connectivity index (χ1n) is 14.2. The molecule has 3 rings (SSSR count). The number of ether oxygens (including phenoxy) is 4. The molecule has 2 aliphatic rings. The highest BCUT2D eigenvalue weighted by molar-refractivity contribution is 6.01. The van der Waals surface area contributed by atoms with Crippen molar-refractivity contribution >= 4 is 23.9 Å². The molecule has 42 heavy (non-hydrogen) atoms. The van der Waals surface area contributed by atoms with Gasteiger partial charge in [-0.2, -0.15) is 0 Å². The van der Waals surface area contributed by atoms with Crippen LogP contribution in [-0.4, -0.2) is 50.3 Å². The summed E-state index contributed by atoms with van der Waals surface area (Å²) < 4.78 is 21.6. The molecule has 2 heterocycles. The van der Waals surface area contributed by atoms with Crippen molar-refractivity contribution in [2.24, 2.45) is 0 Å². The minimum Gasteiger partial charge on any atom is -0.463 e. The summed E-state index contributed by atoms with van der Waals surface area (Å²) in [4.78, 5) is 53.1. The van der Waals surface area contributed by atoms with E-state index in [1.54, 1.807) is 79.7 Å². The molecule has 0 unspecified atom stereocenters. The number of carbonyl (C=O) groups is 4. The largest absolute Gasteiger partial charge is 0.463 e. The average Bonchev–Trinajstić information content (AvgIpc) is 2.92. The first-order chi connectivity index (χ1) is 20.0. The molecule has 0 spiro atoms. The van der Waals surface area contributed by atoms with Gasteiger partial charge in [0.15, 0.2) is 0 Å². The highest BCUT2D eigenvalue weighted by Gasteiger charge is 2.41. The fourth-order valence-electron chi connectivity index (χ4n) is 5.49. The Kier molecular flexibility index (Phi) is 10.7. The summed E-state index contributed by atoms with van der Waals surface area (Å²) in [5.74, 6) is -3.95. The van der Waals surface area contributed by atoms with Crippen LogP contribution < -0.4 is 10.6 Å². The number of allylic oxidation sites excluding steroid dienone is 4. The summed E-state index contributed by atoms with van der Waals surface area (Å²) in [6.07, 6.45) is 0. The van der Waals surface area contributed by atoms with Crippen LogP contribution in [0.4, 0.5) is 0 Å². The molecule has 0 fully saturated rings. The van der Waals surface area contributed by atoms with Crippen molar-refractivity contribution < 1.29 is 38.1 Å². The van der Waals surface area contributed by atoms with Gasteiger partial charge < -0.3 is 29.6 Å². The molecular formula is C32H40N2O8. The van der Waals surface area contributed by atoms with Crippen molar-refractivity contribution in [2.45, 2.75) is 67.2 Å².